The van der Waals surface area contributed by atoms with Crippen LogP contribution in [0.15, 0.2) is 30.3 Å². The van der Waals surface area contributed by atoms with E-state index in [0.29, 0.717) is 6.10 Å². The smallest absolute Gasteiger partial charge is 0.0721 e. The molecule has 76 valence electrons. The van der Waals surface area contributed by atoms with E-state index in [0.717, 1.165) is 12.4 Å². The number of hydrogen-bond acceptors (Lipinski definition) is 3. The molecule has 1 aliphatic rings. The maximum Gasteiger partial charge on any atom is 0.0721 e. The van der Waals surface area contributed by atoms with Crippen LogP contribution in [0.5, 0.6) is 0 Å². The third-order valence-corrected chi connectivity index (χ3v) is 4.67. The molecule has 1 aromatic carbocycles. The van der Waals surface area contributed by atoms with E-state index in [-0.39, 0.29) is 0 Å². The van der Waals surface area contributed by atoms with Crippen LogP contribution in [0.3, 0.4) is 0 Å². The van der Waals surface area contributed by atoms with Crippen molar-refractivity contribution in [3.05, 3.63) is 35.9 Å². The Hall–Kier alpha value is -0.120. The van der Waals surface area contributed by atoms with Gasteiger partial charge in [-0.15, -0.1) is 0 Å². The van der Waals surface area contributed by atoms with Gasteiger partial charge in [0, 0.05) is 11.5 Å². The van der Waals surface area contributed by atoms with Gasteiger partial charge in [0.15, 0.2) is 0 Å². The van der Waals surface area contributed by atoms with Crippen molar-refractivity contribution in [2.24, 2.45) is 0 Å². The molecular weight excluding hydrogens is 212 g/mol. The summed E-state index contributed by atoms with van der Waals surface area (Å²) in [6.07, 6.45) is 1.66. The van der Waals surface area contributed by atoms with E-state index in [2.05, 4.69) is 24.3 Å². The van der Waals surface area contributed by atoms with E-state index < -0.39 is 0 Å². The second-order valence-electron chi connectivity index (χ2n) is 3.31. The van der Waals surface area contributed by atoms with Crippen LogP contribution in [0, 0.1) is 0 Å². The maximum absolute atomic E-state index is 5.83. The zero-order chi connectivity index (χ0) is 9.64. The van der Waals surface area contributed by atoms with E-state index in [1.807, 2.05) is 27.7 Å². The highest BCUT2D eigenvalue weighted by Gasteiger charge is 2.14. The first kappa shape index (κ1) is 10.4. The third-order valence-electron chi connectivity index (χ3n) is 2.19. The van der Waals surface area contributed by atoms with Gasteiger partial charge < -0.3 is 4.74 Å². The fourth-order valence-corrected chi connectivity index (χ4v) is 3.74. The van der Waals surface area contributed by atoms with Crippen LogP contribution in [-0.4, -0.2) is 17.6 Å². The minimum absolute atomic E-state index is 0.460. The first-order valence-corrected chi connectivity index (χ1v) is 7.34. The number of rotatable bonds is 3. The van der Waals surface area contributed by atoms with Gasteiger partial charge in [0.2, 0.25) is 0 Å². The summed E-state index contributed by atoms with van der Waals surface area (Å²) in [4.78, 5) is 0. The van der Waals surface area contributed by atoms with E-state index >= 15 is 0 Å². The molecule has 1 atom stereocenters. The van der Waals surface area contributed by atoms with Crippen molar-refractivity contribution >= 4 is 21.6 Å². The van der Waals surface area contributed by atoms with Crippen LogP contribution in [0.1, 0.15) is 12.0 Å². The molecule has 0 spiro atoms. The molecule has 14 heavy (non-hydrogen) atoms. The molecule has 0 bridgehead atoms. The monoisotopic (exact) mass is 226 g/mol. The van der Waals surface area contributed by atoms with Crippen molar-refractivity contribution in [3.63, 3.8) is 0 Å². The zero-order valence-electron chi connectivity index (χ0n) is 8.02. The molecule has 1 saturated heterocycles. The highest BCUT2D eigenvalue weighted by molar-refractivity contribution is 8.76. The van der Waals surface area contributed by atoms with Gasteiger partial charge in [0.1, 0.15) is 0 Å². The quantitative estimate of drug-likeness (QED) is 0.731. The van der Waals surface area contributed by atoms with Crippen molar-refractivity contribution in [1.82, 2.24) is 0 Å². The van der Waals surface area contributed by atoms with Gasteiger partial charge in [-0.25, -0.2) is 0 Å². The summed E-state index contributed by atoms with van der Waals surface area (Å²) in [7, 11) is 3.89. The Kier molecular flexibility index (Phi) is 4.22. The van der Waals surface area contributed by atoms with Crippen molar-refractivity contribution < 1.29 is 4.74 Å². The lowest BCUT2D eigenvalue weighted by Gasteiger charge is -2.21. The highest BCUT2D eigenvalue weighted by atomic mass is 33.1. The van der Waals surface area contributed by atoms with Gasteiger partial charge in [-0.1, -0.05) is 51.9 Å². The lowest BCUT2D eigenvalue weighted by atomic mass is 10.2. The molecule has 1 fully saturated rings. The van der Waals surface area contributed by atoms with Crippen molar-refractivity contribution in [2.75, 3.05) is 11.5 Å². The number of ether oxygens (including phenoxy) is 1. The van der Waals surface area contributed by atoms with Crippen molar-refractivity contribution in [3.8, 4) is 0 Å². The molecule has 1 aliphatic heterocycles. The second-order valence-corrected chi connectivity index (χ2v) is 5.94. The average Bonchev–Trinajstić information content (AvgIpc) is 2.29. The zero-order valence-corrected chi connectivity index (χ0v) is 9.65. The second kappa shape index (κ2) is 5.69. The summed E-state index contributed by atoms with van der Waals surface area (Å²) in [6.45, 7) is 0.761. The summed E-state index contributed by atoms with van der Waals surface area (Å²) < 4.78 is 5.83. The van der Waals surface area contributed by atoms with Crippen LogP contribution in [0.4, 0.5) is 0 Å². The lowest BCUT2D eigenvalue weighted by Crippen LogP contribution is -2.19. The molecule has 0 aromatic heterocycles. The molecule has 1 heterocycles. The Bertz CT molecular complexity index is 257. The van der Waals surface area contributed by atoms with Crippen LogP contribution in [0.2, 0.25) is 0 Å². The minimum atomic E-state index is 0.460. The topological polar surface area (TPSA) is 9.23 Å². The standard InChI is InChI=1S/C11H14OS2/c1-2-4-10(5-3-1)8-12-11-6-7-13-14-9-11/h1-5,11H,6-9H2/t11-/m1/s1. The summed E-state index contributed by atoms with van der Waals surface area (Å²) in [5.74, 6) is 2.36. The minimum Gasteiger partial charge on any atom is -0.373 e. The average molecular weight is 226 g/mol. The van der Waals surface area contributed by atoms with E-state index in [4.69, 9.17) is 4.74 Å². The molecule has 1 aromatic rings. The van der Waals surface area contributed by atoms with Gasteiger partial charge in [0.25, 0.3) is 0 Å². The van der Waals surface area contributed by atoms with E-state index in [1.54, 1.807) is 0 Å². The van der Waals surface area contributed by atoms with Crippen LogP contribution < -0.4 is 0 Å². The maximum atomic E-state index is 5.83. The van der Waals surface area contributed by atoms with E-state index in [1.165, 1.54) is 17.7 Å². The van der Waals surface area contributed by atoms with Crippen molar-refractivity contribution in [2.45, 2.75) is 19.1 Å². The Morgan fingerprint density at radius 1 is 1.21 bits per heavy atom. The third kappa shape index (κ3) is 3.23. The Labute approximate surface area is 93.0 Å². The molecule has 0 amide bonds. The van der Waals surface area contributed by atoms with Gasteiger partial charge in [-0.3, -0.25) is 0 Å². The summed E-state index contributed by atoms with van der Waals surface area (Å²) >= 11 is 0. The SMILES string of the molecule is c1ccc(CO[C@@H]2CCSSC2)cc1. The molecule has 3 heteroatoms. The van der Waals surface area contributed by atoms with Gasteiger partial charge >= 0.3 is 0 Å². The van der Waals surface area contributed by atoms with Crippen LogP contribution in [0.25, 0.3) is 0 Å². The Balaban J connectivity index is 1.76. The fourth-order valence-electron chi connectivity index (χ4n) is 1.37. The van der Waals surface area contributed by atoms with Crippen LogP contribution >= 0.6 is 21.6 Å². The Morgan fingerprint density at radius 2 is 2.07 bits per heavy atom. The largest absolute Gasteiger partial charge is 0.373 e. The first-order valence-electron chi connectivity index (χ1n) is 4.85. The van der Waals surface area contributed by atoms with E-state index in [9.17, 15) is 0 Å². The lowest BCUT2D eigenvalue weighted by molar-refractivity contribution is 0.0545. The summed E-state index contributed by atoms with van der Waals surface area (Å²) in [6, 6.07) is 10.4. The Morgan fingerprint density at radius 3 is 2.79 bits per heavy atom. The fraction of sp³-hybridized carbons (Fsp3) is 0.455. The molecule has 0 N–H and O–H groups in total. The van der Waals surface area contributed by atoms with Crippen LogP contribution in [-0.2, 0) is 11.3 Å². The molecule has 2 rings (SSSR count). The number of benzene rings is 1. The normalized spacial score (nSPS) is 22.1. The predicted octanol–water partition coefficient (Wildman–Crippen LogP) is 3.36. The highest BCUT2D eigenvalue weighted by Crippen LogP contribution is 2.30. The molecular formula is C11H14OS2. The molecule has 0 unspecified atom stereocenters. The van der Waals surface area contributed by atoms with Crippen molar-refractivity contribution in [1.29, 1.82) is 0 Å². The molecule has 0 radical (unpaired) electrons. The summed E-state index contributed by atoms with van der Waals surface area (Å²) in [5, 5.41) is 0. The molecule has 1 nitrogen and oxygen atoms in total. The predicted molar refractivity (Wildman–Crippen MR) is 64.6 cm³/mol. The molecule has 0 saturated carbocycles. The number of hydrogen-bond donors (Lipinski definition) is 0. The van der Waals surface area contributed by atoms with Gasteiger partial charge in [0.05, 0.1) is 12.7 Å². The van der Waals surface area contributed by atoms with Gasteiger partial charge in [-0.2, -0.15) is 0 Å². The van der Waals surface area contributed by atoms with Gasteiger partial charge in [-0.05, 0) is 12.0 Å². The first-order chi connectivity index (χ1) is 6.95. The summed E-state index contributed by atoms with van der Waals surface area (Å²) in [5.41, 5.74) is 1.27. The molecule has 0 aliphatic carbocycles.